The van der Waals surface area contributed by atoms with E-state index in [4.69, 9.17) is 4.74 Å². The first-order valence-electron chi connectivity index (χ1n) is 9.57. The van der Waals surface area contributed by atoms with Gasteiger partial charge in [0.15, 0.2) is 12.4 Å². The molecular weight excluding hydrogens is 346 g/mol. The maximum absolute atomic E-state index is 12.8. The van der Waals surface area contributed by atoms with E-state index in [1.54, 1.807) is 24.3 Å². The Kier molecular flexibility index (Phi) is 4.34. The van der Waals surface area contributed by atoms with Crippen molar-refractivity contribution in [3.63, 3.8) is 0 Å². The summed E-state index contributed by atoms with van der Waals surface area (Å²) in [5.41, 5.74) is -0.306. The van der Waals surface area contributed by atoms with Crippen molar-refractivity contribution in [2.75, 3.05) is 11.9 Å². The van der Waals surface area contributed by atoms with Gasteiger partial charge in [0.05, 0.1) is 11.0 Å². The number of hydrogen-bond acceptors (Lipinski definition) is 5. The summed E-state index contributed by atoms with van der Waals surface area (Å²) in [6.45, 7) is 1.12. The molecule has 0 aromatic heterocycles. The summed E-state index contributed by atoms with van der Waals surface area (Å²) in [6.07, 6.45) is 4.67. The van der Waals surface area contributed by atoms with Crippen molar-refractivity contribution >= 4 is 23.3 Å². The van der Waals surface area contributed by atoms with Gasteiger partial charge in [0, 0.05) is 18.2 Å². The van der Waals surface area contributed by atoms with Crippen LogP contribution in [0.5, 0.6) is 0 Å². The Morgan fingerprint density at radius 3 is 2.30 bits per heavy atom. The number of benzene rings is 1. The number of carbonyl (C=O) groups excluding carboxylic acids is 3. The van der Waals surface area contributed by atoms with Gasteiger partial charge in [-0.3, -0.25) is 14.4 Å². The van der Waals surface area contributed by atoms with E-state index in [2.05, 4.69) is 5.32 Å². The molecule has 4 bridgehead atoms. The number of hydrogen-bond donors (Lipinski definition) is 2. The Labute approximate surface area is 158 Å². The van der Waals surface area contributed by atoms with E-state index in [1.807, 2.05) is 0 Å². The largest absolute Gasteiger partial charge is 0.457 e. The topological polar surface area (TPSA) is 92.7 Å². The fraction of sp³-hybridized carbons (Fsp3) is 0.571. The molecule has 0 radical (unpaired) electrons. The molecule has 2 N–H and O–H groups in total. The minimum Gasteiger partial charge on any atom is -0.457 e. The molecule has 4 fully saturated rings. The van der Waals surface area contributed by atoms with E-state index in [9.17, 15) is 19.5 Å². The van der Waals surface area contributed by atoms with Crippen molar-refractivity contribution in [3.8, 4) is 0 Å². The van der Waals surface area contributed by atoms with Crippen LogP contribution in [0.15, 0.2) is 24.3 Å². The summed E-state index contributed by atoms with van der Waals surface area (Å²) in [6, 6.07) is 6.50. The van der Waals surface area contributed by atoms with Gasteiger partial charge in [-0.05, 0) is 74.6 Å². The highest BCUT2D eigenvalue weighted by Gasteiger charge is 2.60. The van der Waals surface area contributed by atoms with Crippen LogP contribution in [0.3, 0.4) is 0 Å². The average molecular weight is 371 g/mol. The smallest absolute Gasteiger partial charge is 0.312 e. The van der Waals surface area contributed by atoms with Crippen LogP contribution in [-0.2, 0) is 14.3 Å². The molecule has 4 atom stereocenters. The van der Waals surface area contributed by atoms with E-state index in [1.165, 1.54) is 6.92 Å². The number of ether oxygens (including phenoxy) is 1. The number of anilines is 1. The first-order valence-corrected chi connectivity index (χ1v) is 9.57. The Morgan fingerprint density at radius 2 is 1.74 bits per heavy atom. The van der Waals surface area contributed by atoms with Gasteiger partial charge >= 0.3 is 5.97 Å². The molecule has 27 heavy (non-hydrogen) atoms. The van der Waals surface area contributed by atoms with Crippen LogP contribution in [0.2, 0.25) is 0 Å². The third kappa shape index (κ3) is 3.50. The van der Waals surface area contributed by atoms with Gasteiger partial charge in [0.1, 0.15) is 0 Å². The summed E-state index contributed by atoms with van der Waals surface area (Å²) >= 11 is 0. The van der Waals surface area contributed by atoms with Crippen molar-refractivity contribution in [2.24, 2.45) is 17.3 Å². The average Bonchev–Trinajstić information content (AvgIpc) is 2.57. The molecule has 144 valence electrons. The lowest BCUT2D eigenvalue weighted by Crippen LogP contribution is -2.58. The molecule has 1 amide bonds. The molecule has 0 aliphatic heterocycles. The van der Waals surface area contributed by atoms with Gasteiger partial charge < -0.3 is 15.2 Å². The molecule has 1 aromatic rings. The zero-order chi connectivity index (χ0) is 19.2. The van der Waals surface area contributed by atoms with Crippen molar-refractivity contribution in [2.45, 2.75) is 51.0 Å². The third-order valence-corrected chi connectivity index (χ3v) is 6.32. The number of Topliss-reactive ketones (excluding diaryl/α,β-unsaturated/α-hetero) is 1. The fourth-order valence-electron chi connectivity index (χ4n) is 5.76. The highest BCUT2D eigenvalue weighted by molar-refractivity contribution is 5.99. The maximum Gasteiger partial charge on any atom is 0.312 e. The highest BCUT2D eigenvalue weighted by atomic mass is 16.5. The summed E-state index contributed by atoms with van der Waals surface area (Å²) < 4.78 is 5.41. The van der Waals surface area contributed by atoms with E-state index in [-0.39, 0.29) is 24.3 Å². The van der Waals surface area contributed by atoms with Crippen LogP contribution in [0.25, 0.3) is 0 Å². The summed E-state index contributed by atoms with van der Waals surface area (Å²) in [5, 5.41) is 13.4. The van der Waals surface area contributed by atoms with E-state index >= 15 is 0 Å². The van der Waals surface area contributed by atoms with Crippen LogP contribution in [0.1, 0.15) is 55.8 Å². The van der Waals surface area contributed by atoms with Gasteiger partial charge in [-0.15, -0.1) is 0 Å². The van der Waals surface area contributed by atoms with Gasteiger partial charge in [-0.25, -0.2) is 0 Å². The summed E-state index contributed by atoms with van der Waals surface area (Å²) in [4.78, 5) is 36.2. The SMILES string of the molecule is CC(=O)Nc1ccc(C(=O)COC(=O)C23C[C@@H]4C[C@@H](CC(O)(C4)C2)C3)cc1. The Hall–Kier alpha value is -2.21. The van der Waals surface area contributed by atoms with Gasteiger partial charge in [0.2, 0.25) is 5.91 Å². The minimum atomic E-state index is -0.730. The molecule has 4 aliphatic rings. The lowest BCUT2D eigenvalue weighted by Gasteiger charge is -2.58. The monoisotopic (exact) mass is 371 g/mol. The second kappa shape index (κ2) is 6.44. The predicted octanol–water partition coefficient (Wildman–Crippen LogP) is 2.70. The Bertz CT molecular complexity index is 770. The fourth-order valence-corrected chi connectivity index (χ4v) is 5.76. The number of carbonyl (C=O) groups is 3. The van der Waals surface area contributed by atoms with Crippen LogP contribution in [0, 0.1) is 17.3 Å². The van der Waals surface area contributed by atoms with Crippen LogP contribution in [-0.4, -0.2) is 35.0 Å². The first kappa shape index (κ1) is 18.2. The molecule has 5 rings (SSSR count). The predicted molar refractivity (Wildman–Crippen MR) is 98.1 cm³/mol. The molecule has 0 spiro atoms. The van der Waals surface area contributed by atoms with Crippen molar-refractivity contribution in [1.82, 2.24) is 0 Å². The maximum atomic E-state index is 12.8. The molecule has 6 heteroatoms. The van der Waals surface area contributed by atoms with Gasteiger partial charge in [0.25, 0.3) is 0 Å². The second-order valence-corrected chi connectivity index (χ2v) is 8.72. The van der Waals surface area contributed by atoms with E-state index < -0.39 is 11.0 Å². The van der Waals surface area contributed by atoms with E-state index in [0.717, 1.165) is 32.1 Å². The molecular formula is C21H25NO5. The Morgan fingerprint density at radius 1 is 1.11 bits per heavy atom. The van der Waals surface area contributed by atoms with Crippen LogP contribution >= 0.6 is 0 Å². The lowest BCUT2D eigenvalue weighted by atomic mass is 9.48. The second-order valence-electron chi connectivity index (χ2n) is 8.72. The molecule has 2 unspecified atom stereocenters. The van der Waals surface area contributed by atoms with E-state index in [0.29, 0.717) is 29.5 Å². The molecule has 4 saturated carbocycles. The molecule has 0 heterocycles. The molecule has 0 saturated heterocycles. The van der Waals surface area contributed by atoms with Crippen molar-refractivity contribution in [1.29, 1.82) is 0 Å². The minimum absolute atomic E-state index is 0.180. The zero-order valence-corrected chi connectivity index (χ0v) is 15.5. The number of esters is 1. The zero-order valence-electron chi connectivity index (χ0n) is 15.5. The highest BCUT2D eigenvalue weighted by Crippen LogP contribution is 2.61. The third-order valence-electron chi connectivity index (χ3n) is 6.32. The quantitative estimate of drug-likeness (QED) is 0.613. The van der Waals surface area contributed by atoms with Gasteiger partial charge in [-0.2, -0.15) is 0 Å². The van der Waals surface area contributed by atoms with Gasteiger partial charge in [-0.1, -0.05) is 0 Å². The number of nitrogens with one attached hydrogen (secondary N) is 1. The first-order chi connectivity index (χ1) is 12.8. The number of rotatable bonds is 5. The lowest BCUT2D eigenvalue weighted by molar-refractivity contribution is -0.195. The number of aliphatic hydroxyl groups is 1. The van der Waals surface area contributed by atoms with Crippen molar-refractivity contribution in [3.05, 3.63) is 29.8 Å². The summed E-state index contributed by atoms with van der Waals surface area (Å²) in [7, 11) is 0. The standard InChI is InChI=1S/C21H25NO5/c1-13(23)22-17-4-2-16(3-5-17)18(24)11-27-19(25)20-7-14-6-15(8-20)10-21(26,9-14)12-20/h2-5,14-15,26H,6-12H2,1H3,(H,22,23)/t14-,15+,20?,21?. The molecule has 6 nitrogen and oxygen atoms in total. The molecule has 4 aliphatic carbocycles. The summed E-state index contributed by atoms with van der Waals surface area (Å²) in [5.74, 6) is -0.0127. The Balaban J connectivity index is 1.38. The molecule has 1 aromatic carbocycles. The number of amides is 1. The van der Waals surface area contributed by atoms with Crippen LogP contribution < -0.4 is 5.32 Å². The van der Waals surface area contributed by atoms with Crippen molar-refractivity contribution < 1.29 is 24.2 Å². The normalized spacial score (nSPS) is 33.6. The number of ketones is 1. The van der Waals surface area contributed by atoms with Crippen LogP contribution in [0.4, 0.5) is 5.69 Å².